The minimum atomic E-state index is -1.10. The van der Waals surface area contributed by atoms with Gasteiger partial charge in [0, 0.05) is 0 Å². The molecule has 0 radical (unpaired) electrons. The van der Waals surface area contributed by atoms with Crippen molar-refractivity contribution in [3.63, 3.8) is 0 Å². The normalized spacial score (nSPS) is 18.6. The van der Waals surface area contributed by atoms with Crippen molar-refractivity contribution in [3.8, 4) is 0 Å². The zero-order valence-corrected chi connectivity index (χ0v) is 4.46. The molecular weight excluding hydrogens is 129 g/mol. The molecule has 0 aromatic rings. The predicted octanol–water partition coefficient (Wildman–Crippen LogP) is -0.108. The molecule has 0 spiro atoms. The molecule has 1 aliphatic rings. The van der Waals surface area contributed by atoms with Crippen LogP contribution in [0.2, 0.25) is 0 Å². The third-order valence-corrected chi connectivity index (χ3v) is 0.960. The van der Waals surface area contributed by atoms with Gasteiger partial charge in [0.25, 0.3) is 5.91 Å². The molecule has 1 fully saturated rings. The lowest BCUT2D eigenvalue weighted by atomic mass is 10.6. The second-order valence-electron chi connectivity index (χ2n) is 1.50. The quantitative estimate of drug-likeness (QED) is 0.469. The first kappa shape index (κ1) is 6.00. The first-order chi connectivity index (χ1) is 4.25. The third kappa shape index (κ3) is 0.847. The number of carbonyl (C=O) groups is 2. The Morgan fingerprint density at radius 1 is 1.67 bits per heavy atom. The van der Waals surface area contributed by atoms with Gasteiger partial charge in [0.15, 0.2) is 13.4 Å². The van der Waals surface area contributed by atoms with E-state index >= 15 is 0 Å². The van der Waals surface area contributed by atoms with Crippen LogP contribution in [-0.2, 0) is 9.53 Å². The highest BCUT2D eigenvalue weighted by molar-refractivity contribution is 5.97. The van der Waals surface area contributed by atoms with Crippen molar-refractivity contribution < 1.29 is 18.7 Å². The molecule has 2 amide bonds. The number of carbonyl (C=O) groups excluding carboxylic acids is 2. The number of nitrogens with zero attached hydrogens (tertiary/aromatic N) is 1. The summed E-state index contributed by atoms with van der Waals surface area (Å²) in [5.41, 5.74) is 0. The van der Waals surface area contributed by atoms with E-state index in [1.54, 1.807) is 0 Å². The molecule has 1 heterocycles. The number of ether oxygens (including phenoxy) is 1. The molecule has 0 N–H and O–H groups in total. The lowest BCUT2D eigenvalue weighted by Crippen LogP contribution is -2.27. The summed E-state index contributed by atoms with van der Waals surface area (Å²) in [6.07, 6.45) is -0.900. The van der Waals surface area contributed by atoms with Crippen LogP contribution in [0.3, 0.4) is 0 Å². The minimum Gasteiger partial charge on any atom is -0.439 e. The number of hydrogen-bond acceptors (Lipinski definition) is 3. The summed E-state index contributed by atoms with van der Waals surface area (Å²) >= 11 is 0. The number of alkyl halides is 1. The number of hydrogen-bond donors (Lipinski definition) is 0. The molecule has 0 aromatic carbocycles. The van der Waals surface area contributed by atoms with Crippen LogP contribution in [0.5, 0.6) is 0 Å². The Balaban J connectivity index is 2.66. The monoisotopic (exact) mass is 133 g/mol. The largest absolute Gasteiger partial charge is 0.439 e. The number of rotatable bonds is 1. The summed E-state index contributed by atoms with van der Waals surface area (Å²) in [5, 5.41) is 0. The van der Waals surface area contributed by atoms with Gasteiger partial charge in [-0.05, 0) is 0 Å². The summed E-state index contributed by atoms with van der Waals surface area (Å²) in [6.45, 7) is -1.43. The van der Waals surface area contributed by atoms with Gasteiger partial charge in [0.1, 0.15) is 0 Å². The van der Waals surface area contributed by atoms with Crippen LogP contribution in [0.1, 0.15) is 0 Å². The molecule has 1 rings (SSSR count). The van der Waals surface area contributed by atoms with Crippen molar-refractivity contribution in [1.82, 2.24) is 4.90 Å². The Labute approximate surface area is 50.2 Å². The van der Waals surface area contributed by atoms with Crippen LogP contribution in [0, 0.1) is 0 Å². The van der Waals surface area contributed by atoms with Gasteiger partial charge < -0.3 is 4.74 Å². The van der Waals surface area contributed by atoms with Crippen molar-refractivity contribution in [2.75, 3.05) is 13.4 Å². The van der Waals surface area contributed by atoms with Gasteiger partial charge in [-0.25, -0.2) is 14.1 Å². The van der Waals surface area contributed by atoms with E-state index in [4.69, 9.17) is 0 Å². The van der Waals surface area contributed by atoms with E-state index < -0.39 is 18.8 Å². The van der Waals surface area contributed by atoms with Crippen LogP contribution in [0.15, 0.2) is 0 Å². The van der Waals surface area contributed by atoms with Crippen molar-refractivity contribution >= 4 is 12.0 Å². The molecule has 0 aromatic heterocycles. The summed E-state index contributed by atoms with van der Waals surface area (Å²) in [6, 6.07) is 0. The first-order valence-corrected chi connectivity index (χ1v) is 2.29. The van der Waals surface area contributed by atoms with Crippen molar-refractivity contribution in [2.45, 2.75) is 0 Å². The Morgan fingerprint density at radius 3 is 2.56 bits per heavy atom. The minimum absolute atomic E-state index is 0.331. The zero-order valence-electron chi connectivity index (χ0n) is 4.46. The van der Waals surface area contributed by atoms with Gasteiger partial charge in [-0.1, -0.05) is 0 Å². The Hall–Kier alpha value is -1.13. The average molecular weight is 133 g/mol. The van der Waals surface area contributed by atoms with Crippen LogP contribution < -0.4 is 0 Å². The number of imide groups is 1. The number of halogens is 1. The summed E-state index contributed by atoms with van der Waals surface area (Å²) in [5.74, 6) is -0.623. The lowest BCUT2D eigenvalue weighted by Gasteiger charge is -2.01. The second kappa shape index (κ2) is 2.00. The smallest absolute Gasteiger partial charge is 0.419 e. The summed E-state index contributed by atoms with van der Waals surface area (Å²) in [7, 11) is 0. The maximum absolute atomic E-state index is 11.6. The molecule has 0 unspecified atom stereocenters. The fourth-order valence-corrected chi connectivity index (χ4v) is 0.497. The van der Waals surface area contributed by atoms with Gasteiger partial charge in [0.2, 0.25) is 0 Å². The predicted molar refractivity (Wildman–Crippen MR) is 24.2 cm³/mol. The van der Waals surface area contributed by atoms with E-state index in [2.05, 4.69) is 4.74 Å². The molecular formula is C4H4FNO3. The summed E-state index contributed by atoms with van der Waals surface area (Å²) in [4.78, 5) is 21.0. The molecule has 0 atom stereocenters. The molecule has 1 saturated heterocycles. The molecule has 0 saturated carbocycles. The van der Waals surface area contributed by atoms with Crippen molar-refractivity contribution in [2.24, 2.45) is 0 Å². The van der Waals surface area contributed by atoms with Crippen LogP contribution >= 0.6 is 0 Å². The lowest BCUT2D eigenvalue weighted by molar-refractivity contribution is -0.127. The average Bonchev–Trinajstić information content (AvgIpc) is 2.12. The zero-order chi connectivity index (χ0) is 6.85. The Kier molecular flexibility index (Phi) is 1.33. The van der Waals surface area contributed by atoms with E-state index in [0.717, 1.165) is 0 Å². The second-order valence-corrected chi connectivity index (χ2v) is 1.50. The SMILES string of the molecule is O=C1COC(=O)N1CF. The molecule has 1 aliphatic heterocycles. The maximum atomic E-state index is 11.6. The van der Waals surface area contributed by atoms with Gasteiger partial charge in [-0.2, -0.15) is 0 Å². The van der Waals surface area contributed by atoms with Crippen LogP contribution in [0.4, 0.5) is 9.18 Å². The van der Waals surface area contributed by atoms with Gasteiger partial charge in [0.05, 0.1) is 0 Å². The van der Waals surface area contributed by atoms with Gasteiger partial charge in [-0.15, -0.1) is 0 Å². The number of amides is 2. The van der Waals surface area contributed by atoms with Gasteiger partial charge >= 0.3 is 6.09 Å². The van der Waals surface area contributed by atoms with E-state index in [1.807, 2.05) is 0 Å². The third-order valence-electron chi connectivity index (χ3n) is 0.960. The highest BCUT2D eigenvalue weighted by Gasteiger charge is 2.30. The van der Waals surface area contributed by atoms with E-state index in [-0.39, 0.29) is 6.61 Å². The Bertz CT molecular complexity index is 142. The highest BCUT2D eigenvalue weighted by Crippen LogP contribution is 2.03. The summed E-state index contributed by atoms with van der Waals surface area (Å²) < 4.78 is 15.8. The van der Waals surface area contributed by atoms with E-state index in [1.165, 1.54) is 0 Å². The van der Waals surface area contributed by atoms with E-state index in [9.17, 15) is 14.0 Å². The molecule has 0 aliphatic carbocycles. The van der Waals surface area contributed by atoms with Crippen LogP contribution in [-0.4, -0.2) is 30.3 Å². The highest BCUT2D eigenvalue weighted by atomic mass is 19.1. The molecule has 50 valence electrons. The molecule has 4 nitrogen and oxygen atoms in total. The van der Waals surface area contributed by atoms with Gasteiger partial charge in [-0.3, -0.25) is 4.79 Å². The van der Waals surface area contributed by atoms with E-state index in [0.29, 0.717) is 4.90 Å². The standard InChI is InChI=1S/C4H4FNO3/c5-2-6-3(7)1-9-4(6)8/h1-2H2. The molecule has 5 heteroatoms. The Morgan fingerprint density at radius 2 is 2.33 bits per heavy atom. The maximum Gasteiger partial charge on any atom is 0.419 e. The van der Waals surface area contributed by atoms with Crippen LogP contribution in [0.25, 0.3) is 0 Å². The fraction of sp³-hybridized carbons (Fsp3) is 0.500. The van der Waals surface area contributed by atoms with Crippen molar-refractivity contribution in [3.05, 3.63) is 0 Å². The fourth-order valence-electron chi connectivity index (χ4n) is 0.497. The topological polar surface area (TPSA) is 46.6 Å². The number of cyclic esters (lactones) is 1. The molecule has 9 heavy (non-hydrogen) atoms. The first-order valence-electron chi connectivity index (χ1n) is 2.29. The molecule has 0 bridgehead atoms. The van der Waals surface area contributed by atoms with Crippen molar-refractivity contribution in [1.29, 1.82) is 0 Å².